The topological polar surface area (TPSA) is 67.2 Å². The van der Waals surface area contributed by atoms with Crippen molar-refractivity contribution in [2.45, 2.75) is 52.4 Å². The molecule has 148 valence electrons. The number of unbranched alkanes of at least 4 members (excludes halogenated alkanes) is 3. The Morgan fingerprint density at radius 2 is 2.15 bits per heavy atom. The normalized spacial score (nSPS) is 17.4. The van der Waals surface area contributed by atoms with Crippen molar-refractivity contribution >= 4 is 33.4 Å². The zero-order valence-electron chi connectivity index (χ0n) is 16.6. The monoisotopic (exact) mass is 390 g/mol. The Labute approximate surface area is 164 Å². The first-order valence-electron chi connectivity index (χ1n) is 10.0. The van der Waals surface area contributed by atoms with E-state index < -0.39 is 0 Å². The fraction of sp³-hybridized carbons (Fsp3) is 0.650. The molecule has 1 aliphatic rings. The SMILES string of the molecule is CCCCCCNC(=O)C1CCCN(C(=O)c2cc3c(C)nn(C)c3s2)C1. The van der Waals surface area contributed by atoms with E-state index >= 15 is 0 Å². The Hall–Kier alpha value is -1.89. The van der Waals surface area contributed by atoms with Crippen LogP contribution in [0, 0.1) is 12.8 Å². The zero-order chi connectivity index (χ0) is 19.4. The van der Waals surface area contributed by atoms with Gasteiger partial charge < -0.3 is 10.2 Å². The summed E-state index contributed by atoms with van der Waals surface area (Å²) in [5.41, 5.74) is 0.946. The molecule has 0 saturated carbocycles. The number of carbonyl (C=O) groups is 2. The minimum atomic E-state index is -0.0911. The van der Waals surface area contributed by atoms with Gasteiger partial charge in [0.05, 0.1) is 16.5 Å². The minimum absolute atomic E-state index is 0.0380. The summed E-state index contributed by atoms with van der Waals surface area (Å²) in [4.78, 5) is 29.0. The average molecular weight is 391 g/mol. The molecule has 0 aromatic carbocycles. The second kappa shape index (κ2) is 8.87. The molecule has 0 aliphatic carbocycles. The van der Waals surface area contributed by atoms with Gasteiger partial charge in [-0.15, -0.1) is 11.3 Å². The fourth-order valence-corrected chi connectivity index (χ4v) is 4.84. The van der Waals surface area contributed by atoms with Crippen molar-refractivity contribution in [1.82, 2.24) is 20.0 Å². The van der Waals surface area contributed by atoms with E-state index in [1.165, 1.54) is 24.2 Å². The first-order valence-corrected chi connectivity index (χ1v) is 10.8. The number of hydrogen-bond acceptors (Lipinski definition) is 4. The van der Waals surface area contributed by atoms with Crippen LogP contribution < -0.4 is 5.32 Å². The number of piperidine rings is 1. The first kappa shape index (κ1) is 19.9. The molecule has 1 saturated heterocycles. The second-order valence-electron chi connectivity index (χ2n) is 7.48. The number of fused-ring (bicyclic) bond motifs is 1. The highest BCUT2D eigenvalue weighted by molar-refractivity contribution is 7.20. The lowest BCUT2D eigenvalue weighted by atomic mass is 9.97. The number of aromatic nitrogens is 2. The summed E-state index contributed by atoms with van der Waals surface area (Å²) < 4.78 is 1.83. The molecule has 3 rings (SSSR count). The highest BCUT2D eigenvalue weighted by atomic mass is 32.1. The van der Waals surface area contributed by atoms with E-state index in [0.717, 1.165) is 59.6 Å². The average Bonchev–Trinajstić information content (AvgIpc) is 3.22. The molecule has 3 heterocycles. The van der Waals surface area contributed by atoms with Gasteiger partial charge in [0.15, 0.2) is 0 Å². The van der Waals surface area contributed by atoms with Gasteiger partial charge >= 0.3 is 0 Å². The van der Waals surface area contributed by atoms with E-state index in [0.29, 0.717) is 6.54 Å². The summed E-state index contributed by atoms with van der Waals surface area (Å²) in [6.45, 7) is 6.13. The van der Waals surface area contributed by atoms with Crippen LogP contribution in [0.2, 0.25) is 0 Å². The van der Waals surface area contributed by atoms with Gasteiger partial charge in [-0.25, -0.2) is 0 Å². The van der Waals surface area contributed by atoms with Crippen molar-refractivity contribution in [3.8, 4) is 0 Å². The number of likely N-dealkylation sites (tertiary alicyclic amines) is 1. The molecule has 2 aromatic heterocycles. The molecule has 1 atom stereocenters. The van der Waals surface area contributed by atoms with Crippen molar-refractivity contribution in [2.24, 2.45) is 13.0 Å². The predicted molar refractivity (Wildman–Crippen MR) is 109 cm³/mol. The molecular formula is C20H30N4O2S. The summed E-state index contributed by atoms with van der Waals surface area (Å²) in [6.07, 6.45) is 6.34. The predicted octanol–water partition coefficient (Wildman–Crippen LogP) is 3.49. The van der Waals surface area contributed by atoms with Gasteiger partial charge in [-0.05, 0) is 32.3 Å². The van der Waals surface area contributed by atoms with Crippen LogP contribution in [-0.4, -0.2) is 46.1 Å². The summed E-state index contributed by atoms with van der Waals surface area (Å²) in [6, 6.07) is 1.95. The molecule has 0 bridgehead atoms. The summed E-state index contributed by atoms with van der Waals surface area (Å²) in [5, 5.41) is 8.50. The number of amides is 2. The molecule has 1 N–H and O–H groups in total. The number of thiophene rings is 1. The molecule has 27 heavy (non-hydrogen) atoms. The largest absolute Gasteiger partial charge is 0.356 e. The molecule has 2 amide bonds. The van der Waals surface area contributed by atoms with E-state index in [1.54, 1.807) is 0 Å². The first-order chi connectivity index (χ1) is 13.0. The second-order valence-corrected chi connectivity index (χ2v) is 8.51. The third-order valence-corrected chi connectivity index (χ3v) is 6.51. The minimum Gasteiger partial charge on any atom is -0.356 e. The number of nitrogens with one attached hydrogen (secondary N) is 1. The molecule has 1 unspecified atom stereocenters. The van der Waals surface area contributed by atoms with Gasteiger partial charge in [-0.3, -0.25) is 14.3 Å². The van der Waals surface area contributed by atoms with Crippen LogP contribution in [-0.2, 0) is 11.8 Å². The van der Waals surface area contributed by atoms with E-state index in [1.807, 2.05) is 29.6 Å². The third-order valence-electron chi connectivity index (χ3n) is 5.32. The van der Waals surface area contributed by atoms with Crippen LogP contribution in [0.25, 0.3) is 10.2 Å². The molecule has 6 nitrogen and oxygen atoms in total. The quantitative estimate of drug-likeness (QED) is 0.736. The number of nitrogens with zero attached hydrogens (tertiary/aromatic N) is 3. The Bertz CT molecular complexity index is 776. The number of carbonyl (C=O) groups excluding carboxylic acids is 2. The highest BCUT2D eigenvalue weighted by Crippen LogP contribution is 2.29. The zero-order valence-corrected chi connectivity index (χ0v) is 17.4. The molecule has 7 heteroatoms. The van der Waals surface area contributed by atoms with Crippen molar-refractivity contribution in [3.63, 3.8) is 0 Å². The molecule has 1 fully saturated rings. The van der Waals surface area contributed by atoms with Gasteiger partial charge in [0.25, 0.3) is 5.91 Å². The van der Waals surface area contributed by atoms with Crippen LogP contribution in [0.4, 0.5) is 0 Å². The number of rotatable bonds is 7. The lowest BCUT2D eigenvalue weighted by Gasteiger charge is -2.31. The summed E-state index contributed by atoms with van der Waals surface area (Å²) >= 11 is 1.49. The van der Waals surface area contributed by atoms with Gasteiger partial charge in [0.1, 0.15) is 4.83 Å². The van der Waals surface area contributed by atoms with Gasteiger partial charge in [0, 0.05) is 32.1 Å². The van der Waals surface area contributed by atoms with Crippen molar-refractivity contribution in [3.05, 3.63) is 16.6 Å². The van der Waals surface area contributed by atoms with Crippen LogP contribution in [0.1, 0.15) is 60.8 Å². The van der Waals surface area contributed by atoms with Gasteiger partial charge in [-0.1, -0.05) is 26.2 Å². The highest BCUT2D eigenvalue weighted by Gasteiger charge is 2.29. The lowest BCUT2D eigenvalue weighted by Crippen LogP contribution is -2.45. The maximum atomic E-state index is 13.0. The fourth-order valence-electron chi connectivity index (χ4n) is 3.75. The van der Waals surface area contributed by atoms with Crippen molar-refractivity contribution in [2.75, 3.05) is 19.6 Å². The van der Waals surface area contributed by atoms with E-state index in [9.17, 15) is 9.59 Å². The van der Waals surface area contributed by atoms with Crippen molar-refractivity contribution < 1.29 is 9.59 Å². The molecule has 2 aromatic rings. The van der Waals surface area contributed by atoms with E-state index in [4.69, 9.17) is 0 Å². The van der Waals surface area contributed by atoms with Gasteiger partial charge in [-0.2, -0.15) is 5.10 Å². The molecule has 0 radical (unpaired) electrons. The lowest BCUT2D eigenvalue weighted by molar-refractivity contribution is -0.126. The van der Waals surface area contributed by atoms with E-state index in [2.05, 4.69) is 17.3 Å². The van der Waals surface area contributed by atoms with Crippen LogP contribution in [0.5, 0.6) is 0 Å². The smallest absolute Gasteiger partial charge is 0.264 e. The maximum absolute atomic E-state index is 13.0. The third kappa shape index (κ3) is 4.51. The Morgan fingerprint density at radius 3 is 2.89 bits per heavy atom. The maximum Gasteiger partial charge on any atom is 0.264 e. The van der Waals surface area contributed by atoms with Crippen molar-refractivity contribution in [1.29, 1.82) is 0 Å². The number of hydrogen-bond donors (Lipinski definition) is 1. The van der Waals surface area contributed by atoms with Crippen LogP contribution in [0.15, 0.2) is 6.07 Å². The molecule has 0 spiro atoms. The summed E-state index contributed by atoms with van der Waals surface area (Å²) in [7, 11) is 1.90. The Balaban J connectivity index is 1.58. The van der Waals surface area contributed by atoms with Crippen LogP contribution >= 0.6 is 11.3 Å². The molecule has 1 aliphatic heterocycles. The summed E-state index contributed by atoms with van der Waals surface area (Å²) in [5.74, 6) is 0.0445. The Kier molecular flexibility index (Phi) is 6.52. The number of aryl methyl sites for hydroxylation is 2. The Morgan fingerprint density at radius 1 is 1.33 bits per heavy atom. The molecular weight excluding hydrogens is 360 g/mol. The van der Waals surface area contributed by atoms with Crippen LogP contribution in [0.3, 0.4) is 0 Å². The van der Waals surface area contributed by atoms with Gasteiger partial charge in [0.2, 0.25) is 5.91 Å². The standard InChI is InChI=1S/C20H30N4O2S/c1-4-5-6-7-10-21-18(25)15-9-8-11-24(13-15)19(26)17-12-16-14(2)22-23(3)20(16)27-17/h12,15H,4-11,13H2,1-3H3,(H,21,25). The van der Waals surface area contributed by atoms with E-state index in [-0.39, 0.29) is 17.7 Å².